The van der Waals surface area contributed by atoms with E-state index in [9.17, 15) is 13.2 Å². The van der Waals surface area contributed by atoms with Gasteiger partial charge in [-0.15, -0.1) is 0 Å². The Bertz CT molecular complexity index is 667. The maximum atomic E-state index is 11.5. The summed E-state index contributed by atoms with van der Waals surface area (Å²) in [5.74, 6) is 0.759. The molecule has 2 heterocycles. The molecule has 1 aromatic rings. The SMILES string of the molecule is CCOC(=O)CC1CCN(c2ncc(S(C)(=O)=O)cc2N)CC1. The lowest BCUT2D eigenvalue weighted by Crippen LogP contribution is -2.35. The van der Waals surface area contributed by atoms with Gasteiger partial charge in [-0.05, 0) is 31.7 Å². The number of carbonyl (C=O) groups is 1. The summed E-state index contributed by atoms with van der Waals surface area (Å²) >= 11 is 0. The fourth-order valence-electron chi connectivity index (χ4n) is 2.73. The first kappa shape index (κ1) is 17.5. The summed E-state index contributed by atoms with van der Waals surface area (Å²) in [4.78, 5) is 17.9. The Hall–Kier alpha value is -1.83. The van der Waals surface area contributed by atoms with E-state index in [1.54, 1.807) is 6.92 Å². The van der Waals surface area contributed by atoms with E-state index in [1.807, 2.05) is 4.90 Å². The molecule has 1 fully saturated rings. The van der Waals surface area contributed by atoms with Gasteiger partial charge in [0, 0.05) is 32.0 Å². The molecule has 2 rings (SSSR count). The first-order valence-corrected chi connectivity index (χ1v) is 9.56. The van der Waals surface area contributed by atoms with Crippen LogP contribution in [0, 0.1) is 5.92 Å². The van der Waals surface area contributed by atoms with Crippen LogP contribution < -0.4 is 10.6 Å². The summed E-state index contributed by atoms with van der Waals surface area (Å²) in [5, 5.41) is 0. The minimum absolute atomic E-state index is 0.121. The lowest BCUT2D eigenvalue weighted by atomic mass is 9.93. The van der Waals surface area contributed by atoms with Crippen molar-refractivity contribution in [1.82, 2.24) is 4.98 Å². The van der Waals surface area contributed by atoms with Crippen LogP contribution in [0.2, 0.25) is 0 Å². The number of carbonyl (C=O) groups excluding carboxylic acids is 1. The van der Waals surface area contributed by atoms with Gasteiger partial charge in [0.25, 0.3) is 0 Å². The summed E-state index contributed by atoms with van der Waals surface area (Å²) in [7, 11) is -3.31. The van der Waals surface area contributed by atoms with Gasteiger partial charge in [0.05, 0.1) is 17.2 Å². The van der Waals surface area contributed by atoms with E-state index in [1.165, 1.54) is 12.3 Å². The zero-order valence-electron chi connectivity index (χ0n) is 13.5. The number of nitrogens with zero attached hydrogens (tertiary/aromatic N) is 2. The Labute approximate surface area is 136 Å². The van der Waals surface area contributed by atoms with Gasteiger partial charge in [0.1, 0.15) is 0 Å². The van der Waals surface area contributed by atoms with Crippen molar-refractivity contribution in [3.05, 3.63) is 12.3 Å². The van der Waals surface area contributed by atoms with Crippen molar-refractivity contribution in [3.63, 3.8) is 0 Å². The van der Waals surface area contributed by atoms with Crippen molar-refractivity contribution in [3.8, 4) is 0 Å². The second-order valence-corrected chi connectivity index (χ2v) is 7.81. The van der Waals surface area contributed by atoms with E-state index in [0.717, 1.165) is 32.2 Å². The molecule has 0 atom stereocenters. The van der Waals surface area contributed by atoms with Crippen molar-refractivity contribution in [1.29, 1.82) is 0 Å². The summed E-state index contributed by atoms with van der Waals surface area (Å²) in [6.45, 7) is 3.68. The third-order valence-corrected chi connectivity index (χ3v) is 5.05. The van der Waals surface area contributed by atoms with Gasteiger partial charge < -0.3 is 15.4 Å². The van der Waals surface area contributed by atoms with E-state index in [0.29, 0.717) is 30.5 Å². The molecule has 0 amide bonds. The van der Waals surface area contributed by atoms with Crippen LogP contribution in [0.5, 0.6) is 0 Å². The van der Waals surface area contributed by atoms with Crippen LogP contribution in [0.15, 0.2) is 17.2 Å². The zero-order valence-corrected chi connectivity index (χ0v) is 14.3. The number of piperidine rings is 1. The van der Waals surface area contributed by atoms with E-state index in [4.69, 9.17) is 10.5 Å². The molecule has 0 unspecified atom stereocenters. The third-order valence-electron chi connectivity index (χ3n) is 3.97. The largest absolute Gasteiger partial charge is 0.466 e. The minimum Gasteiger partial charge on any atom is -0.466 e. The predicted molar refractivity (Wildman–Crippen MR) is 87.9 cm³/mol. The van der Waals surface area contributed by atoms with Gasteiger partial charge in [0.2, 0.25) is 0 Å². The molecule has 128 valence electrons. The minimum atomic E-state index is -3.31. The van der Waals surface area contributed by atoms with Crippen molar-refractivity contribution in [2.45, 2.75) is 31.1 Å². The molecule has 0 radical (unpaired) electrons. The molecular formula is C15H23N3O4S. The summed E-state index contributed by atoms with van der Waals surface area (Å²) in [6, 6.07) is 1.45. The second-order valence-electron chi connectivity index (χ2n) is 5.80. The maximum Gasteiger partial charge on any atom is 0.306 e. The highest BCUT2D eigenvalue weighted by Crippen LogP contribution is 2.29. The molecule has 0 saturated carbocycles. The van der Waals surface area contributed by atoms with Crippen LogP contribution in [0.4, 0.5) is 11.5 Å². The smallest absolute Gasteiger partial charge is 0.306 e. The normalized spacial score (nSPS) is 16.3. The summed E-state index contributed by atoms with van der Waals surface area (Å²) in [6.07, 6.45) is 4.62. The highest BCUT2D eigenvalue weighted by molar-refractivity contribution is 7.90. The molecule has 23 heavy (non-hydrogen) atoms. The fraction of sp³-hybridized carbons (Fsp3) is 0.600. The standard InChI is InChI=1S/C15H23N3O4S/c1-3-22-14(19)8-11-4-6-18(7-5-11)15-13(16)9-12(10-17-15)23(2,20)21/h9-11H,3-8,16H2,1-2H3. The van der Waals surface area contributed by atoms with Crippen LogP contribution in [0.1, 0.15) is 26.2 Å². The summed E-state index contributed by atoms with van der Waals surface area (Å²) in [5.41, 5.74) is 6.32. The number of rotatable bonds is 5. The van der Waals surface area contributed by atoms with Gasteiger partial charge in [-0.25, -0.2) is 13.4 Å². The highest BCUT2D eigenvalue weighted by atomic mass is 32.2. The van der Waals surface area contributed by atoms with Crippen LogP contribution in [0.25, 0.3) is 0 Å². The maximum absolute atomic E-state index is 11.5. The van der Waals surface area contributed by atoms with Gasteiger partial charge in [-0.2, -0.15) is 0 Å². The van der Waals surface area contributed by atoms with Crippen LogP contribution in [0.3, 0.4) is 0 Å². The average Bonchev–Trinajstić information content (AvgIpc) is 2.47. The van der Waals surface area contributed by atoms with Crippen LogP contribution in [-0.2, 0) is 19.4 Å². The van der Waals surface area contributed by atoms with Crippen LogP contribution >= 0.6 is 0 Å². The monoisotopic (exact) mass is 341 g/mol. The first-order chi connectivity index (χ1) is 10.8. The highest BCUT2D eigenvalue weighted by Gasteiger charge is 2.24. The average molecular weight is 341 g/mol. The number of ether oxygens (including phenoxy) is 1. The molecule has 0 bridgehead atoms. The number of esters is 1. The zero-order chi connectivity index (χ0) is 17.0. The number of hydrogen-bond donors (Lipinski definition) is 1. The molecule has 8 heteroatoms. The first-order valence-electron chi connectivity index (χ1n) is 7.67. The van der Waals surface area contributed by atoms with E-state index < -0.39 is 9.84 Å². The number of aromatic nitrogens is 1. The number of pyridine rings is 1. The number of nitrogens with two attached hydrogens (primary N) is 1. The molecule has 0 spiro atoms. The van der Waals surface area contributed by atoms with Gasteiger partial charge >= 0.3 is 5.97 Å². The van der Waals surface area contributed by atoms with Crippen molar-refractivity contribution in [2.24, 2.45) is 5.92 Å². The number of hydrogen-bond acceptors (Lipinski definition) is 7. The predicted octanol–water partition coefficient (Wildman–Crippen LogP) is 1.24. The molecule has 1 aliphatic heterocycles. The topological polar surface area (TPSA) is 103 Å². The fourth-order valence-corrected chi connectivity index (χ4v) is 3.31. The third kappa shape index (κ3) is 4.57. The molecular weight excluding hydrogens is 318 g/mol. The number of anilines is 2. The Balaban J connectivity index is 1.99. The quantitative estimate of drug-likeness (QED) is 0.804. The van der Waals surface area contributed by atoms with Crippen molar-refractivity contribution < 1.29 is 17.9 Å². The van der Waals surface area contributed by atoms with Gasteiger partial charge in [0.15, 0.2) is 15.7 Å². The van der Waals surface area contributed by atoms with Gasteiger partial charge in [-0.1, -0.05) is 0 Å². The second kappa shape index (κ2) is 7.16. The molecule has 1 aromatic heterocycles. The van der Waals surface area contributed by atoms with Crippen molar-refractivity contribution >= 4 is 27.3 Å². The van der Waals surface area contributed by atoms with E-state index in [-0.39, 0.29) is 10.9 Å². The van der Waals surface area contributed by atoms with Gasteiger partial charge in [-0.3, -0.25) is 4.79 Å². The summed E-state index contributed by atoms with van der Waals surface area (Å²) < 4.78 is 28.0. The molecule has 0 aromatic carbocycles. The number of sulfone groups is 1. The lowest BCUT2D eigenvalue weighted by molar-refractivity contribution is -0.144. The Morgan fingerprint density at radius 3 is 2.61 bits per heavy atom. The molecule has 0 aliphatic carbocycles. The van der Waals surface area contributed by atoms with E-state index >= 15 is 0 Å². The number of nitrogen functional groups attached to an aromatic ring is 1. The molecule has 7 nitrogen and oxygen atoms in total. The van der Waals surface area contributed by atoms with Crippen molar-refractivity contribution in [2.75, 3.05) is 36.6 Å². The Kier molecular flexibility index (Phi) is 5.46. The molecule has 1 aliphatic rings. The molecule has 1 saturated heterocycles. The Morgan fingerprint density at radius 1 is 1.43 bits per heavy atom. The van der Waals surface area contributed by atoms with E-state index in [2.05, 4.69) is 4.98 Å². The van der Waals surface area contributed by atoms with Crippen LogP contribution in [-0.4, -0.2) is 45.3 Å². The lowest BCUT2D eigenvalue weighted by Gasteiger charge is -2.33. The Morgan fingerprint density at radius 2 is 2.09 bits per heavy atom. The molecule has 2 N–H and O–H groups in total.